The van der Waals surface area contributed by atoms with Gasteiger partial charge in [0, 0.05) is 19.7 Å². The minimum atomic E-state index is 0.464. The Kier molecular flexibility index (Phi) is 4.26. The second-order valence-corrected chi connectivity index (χ2v) is 5.80. The fourth-order valence-corrected chi connectivity index (χ4v) is 3.18. The molecule has 2 aliphatic rings. The molecule has 0 heterocycles. The van der Waals surface area contributed by atoms with Gasteiger partial charge in [0.1, 0.15) is 0 Å². The Bertz CT molecular complexity index is 213. The molecule has 0 aromatic carbocycles. The van der Waals surface area contributed by atoms with Crippen molar-refractivity contribution in [2.45, 2.75) is 70.4 Å². The topological polar surface area (TPSA) is 21.3 Å². The SMILES string of the molecule is CCCC1(CNC2CCCCC2OC)CC1. The van der Waals surface area contributed by atoms with Crippen LogP contribution in [0.4, 0.5) is 0 Å². The van der Waals surface area contributed by atoms with Crippen molar-refractivity contribution in [3.05, 3.63) is 0 Å². The quantitative estimate of drug-likeness (QED) is 0.750. The molecule has 2 heteroatoms. The lowest BCUT2D eigenvalue weighted by Gasteiger charge is -2.32. The number of hydrogen-bond donors (Lipinski definition) is 1. The molecule has 0 saturated heterocycles. The minimum absolute atomic E-state index is 0.464. The molecule has 2 rings (SSSR count). The van der Waals surface area contributed by atoms with Crippen LogP contribution in [0.25, 0.3) is 0 Å². The number of nitrogens with one attached hydrogen (secondary N) is 1. The van der Waals surface area contributed by atoms with E-state index in [1.165, 1.54) is 57.9 Å². The van der Waals surface area contributed by atoms with Gasteiger partial charge in [-0.15, -0.1) is 0 Å². The highest BCUT2D eigenvalue weighted by atomic mass is 16.5. The Hall–Kier alpha value is -0.0800. The molecule has 0 radical (unpaired) electrons. The monoisotopic (exact) mass is 225 g/mol. The zero-order chi connectivity index (χ0) is 11.4. The van der Waals surface area contributed by atoms with E-state index < -0.39 is 0 Å². The van der Waals surface area contributed by atoms with E-state index in [-0.39, 0.29) is 0 Å². The van der Waals surface area contributed by atoms with Gasteiger partial charge in [0.15, 0.2) is 0 Å². The fraction of sp³-hybridized carbons (Fsp3) is 1.00. The zero-order valence-corrected chi connectivity index (χ0v) is 10.9. The smallest absolute Gasteiger partial charge is 0.0724 e. The van der Waals surface area contributed by atoms with E-state index in [9.17, 15) is 0 Å². The van der Waals surface area contributed by atoms with E-state index in [0.717, 1.165) is 0 Å². The summed E-state index contributed by atoms with van der Waals surface area (Å²) in [6, 6.07) is 0.619. The van der Waals surface area contributed by atoms with Gasteiger partial charge in [0.05, 0.1) is 6.10 Å². The van der Waals surface area contributed by atoms with Gasteiger partial charge in [0.2, 0.25) is 0 Å². The summed E-state index contributed by atoms with van der Waals surface area (Å²) < 4.78 is 5.59. The highest BCUT2D eigenvalue weighted by Crippen LogP contribution is 2.49. The molecule has 2 unspecified atom stereocenters. The molecule has 94 valence electrons. The predicted molar refractivity (Wildman–Crippen MR) is 67.6 cm³/mol. The molecule has 2 saturated carbocycles. The normalized spacial score (nSPS) is 32.6. The van der Waals surface area contributed by atoms with E-state index >= 15 is 0 Å². The number of ether oxygens (including phenoxy) is 1. The average Bonchev–Trinajstić information content (AvgIpc) is 3.08. The first kappa shape index (κ1) is 12.4. The molecular formula is C14H27NO. The van der Waals surface area contributed by atoms with Crippen LogP contribution in [0.15, 0.2) is 0 Å². The lowest BCUT2D eigenvalue weighted by Crippen LogP contribution is -2.45. The van der Waals surface area contributed by atoms with Crippen molar-refractivity contribution in [3.63, 3.8) is 0 Å². The van der Waals surface area contributed by atoms with Crippen LogP contribution < -0.4 is 5.32 Å². The first-order valence-electron chi connectivity index (χ1n) is 7.06. The lowest BCUT2D eigenvalue weighted by molar-refractivity contribution is 0.0399. The van der Waals surface area contributed by atoms with Gasteiger partial charge < -0.3 is 10.1 Å². The van der Waals surface area contributed by atoms with E-state index in [0.29, 0.717) is 17.6 Å². The summed E-state index contributed by atoms with van der Waals surface area (Å²) in [5.41, 5.74) is 0.671. The third-order valence-corrected chi connectivity index (χ3v) is 4.48. The van der Waals surface area contributed by atoms with Crippen molar-refractivity contribution in [1.29, 1.82) is 0 Å². The lowest BCUT2D eigenvalue weighted by atomic mass is 9.91. The number of methoxy groups -OCH3 is 1. The molecule has 0 aliphatic heterocycles. The molecule has 0 aromatic heterocycles. The van der Waals surface area contributed by atoms with E-state index in [1.54, 1.807) is 0 Å². The van der Waals surface area contributed by atoms with Crippen LogP contribution in [-0.2, 0) is 4.74 Å². The molecule has 0 spiro atoms. The third-order valence-electron chi connectivity index (χ3n) is 4.48. The molecule has 2 atom stereocenters. The van der Waals surface area contributed by atoms with Gasteiger partial charge in [-0.25, -0.2) is 0 Å². The van der Waals surface area contributed by atoms with Crippen LogP contribution in [0, 0.1) is 5.41 Å². The molecule has 2 nitrogen and oxygen atoms in total. The Labute approximate surface area is 100 Å². The third kappa shape index (κ3) is 2.98. The highest BCUT2D eigenvalue weighted by Gasteiger charge is 2.41. The Morgan fingerprint density at radius 2 is 2.00 bits per heavy atom. The van der Waals surface area contributed by atoms with Crippen molar-refractivity contribution in [2.24, 2.45) is 5.41 Å². The fourth-order valence-electron chi connectivity index (χ4n) is 3.18. The van der Waals surface area contributed by atoms with Crippen LogP contribution in [0.1, 0.15) is 58.3 Å². The summed E-state index contributed by atoms with van der Waals surface area (Å²) in [4.78, 5) is 0. The minimum Gasteiger partial charge on any atom is -0.380 e. The van der Waals surface area contributed by atoms with Crippen LogP contribution in [0.2, 0.25) is 0 Å². The van der Waals surface area contributed by atoms with Gasteiger partial charge in [-0.3, -0.25) is 0 Å². The standard InChI is InChI=1S/C14H27NO/c1-3-8-14(9-10-14)11-15-12-6-4-5-7-13(12)16-2/h12-13,15H,3-11H2,1-2H3. The maximum Gasteiger partial charge on any atom is 0.0724 e. The first-order valence-corrected chi connectivity index (χ1v) is 7.06. The van der Waals surface area contributed by atoms with Gasteiger partial charge >= 0.3 is 0 Å². The summed E-state index contributed by atoms with van der Waals surface area (Å²) in [7, 11) is 1.86. The van der Waals surface area contributed by atoms with Crippen molar-refractivity contribution in [2.75, 3.05) is 13.7 Å². The summed E-state index contributed by atoms with van der Waals surface area (Å²) in [5.74, 6) is 0. The Morgan fingerprint density at radius 1 is 1.25 bits per heavy atom. The summed E-state index contributed by atoms with van der Waals surface area (Å²) in [6.45, 7) is 3.53. The van der Waals surface area contributed by atoms with E-state index in [1.807, 2.05) is 7.11 Å². The van der Waals surface area contributed by atoms with Crippen molar-refractivity contribution < 1.29 is 4.74 Å². The second kappa shape index (κ2) is 5.50. The van der Waals surface area contributed by atoms with Crippen molar-refractivity contribution in [1.82, 2.24) is 5.32 Å². The average molecular weight is 225 g/mol. The van der Waals surface area contributed by atoms with Gasteiger partial charge in [-0.05, 0) is 37.5 Å². The van der Waals surface area contributed by atoms with E-state index in [4.69, 9.17) is 4.74 Å². The zero-order valence-electron chi connectivity index (χ0n) is 10.9. The Morgan fingerprint density at radius 3 is 2.62 bits per heavy atom. The summed E-state index contributed by atoms with van der Waals surface area (Å²) in [5, 5.41) is 3.79. The largest absolute Gasteiger partial charge is 0.380 e. The molecule has 16 heavy (non-hydrogen) atoms. The number of rotatable bonds is 6. The van der Waals surface area contributed by atoms with Crippen LogP contribution >= 0.6 is 0 Å². The first-order chi connectivity index (χ1) is 7.79. The van der Waals surface area contributed by atoms with Crippen LogP contribution in [0.3, 0.4) is 0 Å². The summed E-state index contributed by atoms with van der Waals surface area (Å²) in [6.07, 6.45) is 11.4. The molecule has 0 aromatic rings. The van der Waals surface area contributed by atoms with Gasteiger partial charge in [-0.1, -0.05) is 26.2 Å². The van der Waals surface area contributed by atoms with Crippen molar-refractivity contribution in [3.8, 4) is 0 Å². The number of hydrogen-bond acceptors (Lipinski definition) is 2. The molecule has 0 bridgehead atoms. The maximum absolute atomic E-state index is 5.59. The maximum atomic E-state index is 5.59. The Balaban J connectivity index is 1.75. The van der Waals surface area contributed by atoms with Gasteiger partial charge in [-0.2, -0.15) is 0 Å². The molecule has 0 amide bonds. The summed E-state index contributed by atoms with van der Waals surface area (Å²) >= 11 is 0. The van der Waals surface area contributed by atoms with Crippen LogP contribution in [-0.4, -0.2) is 25.8 Å². The highest BCUT2D eigenvalue weighted by molar-refractivity contribution is 4.96. The molecule has 1 N–H and O–H groups in total. The second-order valence-electron chi connectivity index (χ2n) is 5.80. The predicted octanol–water partition coefficient (Wildman–Crippen LogP) is 3.11. The molecule has 2 aliphatic carbocycles. The molecular weight excluding hydrogens is 198 g/mol. The van der Waals surface area contributed by atoms with Gasteiger partial charge in [0.25, 0.3) is 0 Å². The van der Waals surface area contributed by atoms with Crippen LogP contribution in [0.5, 0.6) is 0 Å². The van der Waals surface area contributed by atoms with Crippen molar-refractivity contribution >= 4 is 0 Å². The van der Waals surface area contributed by atoms with E-state index in [2.05, 4.69) is 12.2 Å². The molecule has 2 fully saturated rings.